The fourth-order valence-electron chi connectivity index (χ4n) is 1.95. The van der Waals surface area contributed by atoms with Crippen LogP contribution in [-0.2, 0) is 18.9 Å². The lowest BCUT2D eigenvalue weighted by Crippen LogP contribution is -2.28. The van der Waals surface area contributed by atoms with E-state index in [9.17, 15) is 18.8 Å². The van der Waals surface area contributed by atoms with Crippen molar-refractivity contribution < 1.29 is 32.9 Å². The van der Waals surface area contributed by atoms with Gasteiger partial charge in [-0.05, 0) is 12.8 Å². The van der Waals surface area contributed by atoms with Crippen LogP contribution in [0.4, 0.5) is 8.78 Å². The van der Waals surface area contributed by atoms with Gasteiger partial charge in [0, 0.05) is 5.33 Å². The highest BCUT2D eigenvalue weighted by atomic mass is 79.9. The minimum Gasteiger partial charge on any atom is -0.691 e. The van der Waals surface area contributed by atoms with Crippen molar-refractivity contribution in [2.45, 2.75) is 69.5 Å². The zero-order valence-corrected chi connectivity index (χ0v) is 15.5. The van der Waals surface area contributed by atoms with E-state index >= 15 is 0 Å². The quantitative estimate of drug-likeness (QED) is 0.0923. The molecular weight excluding hydrogens is 398 g/mol. The number of hydrogen-bond acceptors (Lipinski definition) is 6. The van der Waals surface area contributed by atoms with E-state index < -0.39 is 23.3 Å². The average molecular weight is 422 g/mol. The van der Waals surface area contributed by atoms with Gasteiger partial charge in [-0.25, -0.2) is 4.79 Å². The highest BCUT2D eigenvalue weighted by Gasteiger charge is 2.43. The molecule has 0 radical (unpaired) electrons. The summed E-state index contributed by atoms with van der Waals surface area (Å²) in [5.41, 5.74) is 0. The topological polar surface area (TPSA) is 67.8 Å². The van der Waals surface area contributed by atoms with Gasteiger partial charge in [0.05, 0.1) is 6.61 Å². The molecule has 0 aromatic rings. The molecule has 0 aliphatic rings. The van der Waals surface area contributed by atoms with Crippen LogP contribution >= 0.6 is 28.0 Å². The smallest absolute Gasteiger partial charge is 0.415 e. The maximum atomic E-state index is 13.0. The first-order chi connectivity index (χ1) is 11.0. The van der Waals surface area contributed by atoms with Gasteiger partial charge in [0.2, 0.25) is 0 Å². The zero-order chi connectivity index (χ0) is 17.4. The molecule has 0 spiro atoms. The van der Waals surface area contributed by atoms with Crippen LogP contribution in [0.1, 0.15) is 64.2 Å². The molecule has 0 fully saturated rings. The molecule has 0 heterocycles. The molecule has 0 N–H and O–H groups in total. The molecule has 0 saturated carbocycles. The summed E-state index contributed by atoms with van der Waals surface area (Å²) in [6, 6.07) is 0. The molecule has 138 valence electrons. The number of carbonyl (C=O) groups is 1. The third kappa shape index (κ3) is 14.1. The van der Waals surface area contributed by atoms with Gasteiger partial charge >= 0.3 is 11.2 Å². The number of rotatable bonds is 16. The third-order valence-corrected chi connectivity index (χ3v) is 4.23. The van der Waals surface area contributed by atoms with E-state index in [1.54, 1.807) is 0 Å². The number of esters is 1. The normalized spacial score (nSPS) is 11.7. The van der Waals surface area contributed by atoms with Crippen molar-refractivity contribution in [2.24, 2.45) is 0 Å². The maximum Gasteiger partial charge on any atom is 0.415 e. The van der Waals surface area contributed by atoms with Crippen LogP contribution in [0.2, 0.25) is 0 Å². The van der Waals surface area contributed by atoms with E-state index in [-0.39, 0.29) is 6.61 Å². The Morgan fingerprint density at radius 1 is 0.957 bits per heavy atom. The molecule has 0 aliphatic heterocycles. The second-order valence-electron chi connectivity index (χ2n) is 5.10. The predicted octanol–water partition coefficient (Wildman–Crippen LogP) is 4.29. The van der Waals surface area contributed by atoms with Crippen molar-refractivity contribution in [1.82, 2.24) is 0 Å². The fourth-order valence-corrected chi connectivity index (χ4v) is 2.59. The van der Waals surface area contributed by atoms with Crippen LogP contribution in [-0.4, -0.2) is 23.2 Å². The molecule has 9 heteroatoms. The van der Waals surface area contributed by atoms with Crippen molar-refractivity contribution in [3.05, 3.63) is 0 Å². The lowest BCUT2D eigenvalue weighted by atomic mass is 10.1. The molecule has 0 unspecified atom stereocenters. The van der Waals surface area contributed by atoms with E-state index in [2.05, 4.69) is 30.0 Å². The predicted molar refractivity (Wildman–Crippen MR) is 85.6 cm³/mol. The number of ether oxygens (including phenoxy) is 1. The number of unbranched alkanes of at least 4 members (excludes halogenated alkanes) is 9. The molecule has 0 atom stereocenters. The molecule has 0 amide bonds. The molecule has 0 aromatic carbocycles. The molecule has 0 aliphatic carbocycles. The first-order valence-corrected chi connectivity index (χ1v) is 9.66. The van der Waals surface area contributed by atoms with Crippen molar-refractivity contribution in [3.63, 3.8) is 0 Å². The molecule has 5 nitrogen and oxygen atoms in total. The third-order valence-electron chi connectivity index (χ3n) is 3.17. The Hall–Kier alpha value is 0.0400. The summed E-state index contributed by atoms with van der Waals surface area (Å²) in [5, 5.41) is 9.34. The standard InChI is InChI=1S/C14H25BrF2O5S/c15-11-9-7-5-3-1-2-4-6-8-10-12-20-13(18)14(16,17)23-22-21-19/h19H,1-12H2/p-1. The van der Waals surface area contributed by atoms with Crippen LogP contribution in [0.5, 0.6) is 0 Å². The molecular formula is C14H24BrF2O5S-. The summed E-state index contributed by atoms with van der Waals surface area (Å²) < 4.78 is 33.8. The van der Waals surface area contributed by atoms with Crippen LogP contribution in [0.15, 0.2) is 0 Å². The van der Waals surface area contributed by atoms with Gasteiger partial charge in [-0.3, -0.25) is 5.04 Å². The minimum absolute atomic E-state index is 0.0697. The largest absolute Gasteiger partial charge is 0.691 e. The lowest BCUT2D eigenvalue weighted by molar-refractivity contribution is -0.777. The SMILES string of the molecule is O=C(OCCCCCCCCCCCCBr)C(F)(F)SOO[O-]. The van der Waals surface area contributed by atoms with Gasteiger partial charge in [0.1, 0.15) is 12.0 Å². The second kappa shape index (κ2) is 15.6. The fraction of sp³-hybridized carbons (Fsp3) is 0.929. The van der Waals surface area contributed by atoms with Crippen LogP contribution < -0.4 is 5.26 Å². The van der Waals surface area contributed by atoms with E-state index in [0.717, 1.165) is 24.6 Å². The van der Waals surface area contributed by atoms with Gasteiger partial charge < -0.3 is 9.99 Å². The summed E-state index contributed by atoms with van der Waals surface area (Å²) in [4.78, 5) is 11.0. The summed E-state index contributed by atoms with van der Waals surface area (Å²) in [6.45, 7) is -0.0697. The zero-order valence-electron chi connectivity index (χ0n) is 13.1. The average Bonchev–Trinajstić information content (AvgIpc) is 2.53. The van der Waals surface area contributed by atoms with E-state index in [1.807, 2.05) is 0 Å². The van der Waals surface area contributed by atoms with Crippen LogP contribution in [0.25, 0.3) is 0 Å². The van der Waals surface area contributed by atoms with Gasteiger partial charge in [-0.2, -0.15) is 13.1 Å². The Morgan fingerprint density at radius 3 is 1.91 bits per heavy atom. The number of alkyl halides is 3. The molecule has 0 aromatic heterocycles. The van der Waals surface area contributed by atoms with Gasteiger partial charge in [-0.1, -0.05) is 67.3 Å². The van der Waals surface area contributed by atoms with Crippen molar-refractivity contribution >= 4 is 33.9 Å². The Balaban J connectivity index is 3.37. The Morgan fingerprint density at radius 2 is 1.43 bits per heavy atom. The maximum absolute atomic E-state index is 13.0. The first-order valence-electron chi connectivity index (χ1n) is 7.80. The Kier molecular flexibility index (Phi) is 15.6. The number of carbonyl (C=O) groups excluding carboxylic acids is 1. The van der Waals surface area contributed by atoms with E-state index in [0.29, 0.717) is 6.42 Å². The highest BCUT2D eigenvalue weighted by Crippen LogP contribution is 2.31. The lowest BCUT2D eigenvalue weighted by Gasteiger charge is -2.13. The van der Waals surface area contributed by atoms with E-state index in [1.165, 1.54) is 38.5 Å². The van der Waals surface area contributed by atoms with Crippen molar-refractivity contribution in [2.75, 3.05) is 11.9 Å². The number of halogens is 3. The van der Waals surface area contributed by atoms with Crippen LogP contribution in [0, 0.1) is 0 Å². The highest BCUT2D eigenvalue weighted by molar-refractivity contribution is 9.09. The van der Waals surface area contributed by atoms with E-state index in [4.69, 9.17) is 0 Å². The Labute approximate surface area is 148 Å². The number of hydrogen-bond donors (Lipinski definition) is 0. The second-order valence-corrected chi connectivity index (χ2v) is 6.71. The summed E-state index contributed by atoms with van der Waals surface area (Å²) in [5.74, 6) is -1.73. The molecule has 0 saturated heterocycles. The summed E-state index contributed by atoms with van der Waals surface area (Å²) in [6.07, 6.45) is 10.9. The van der Waals surface area contributed by atoms with Crippen LogP contribution in [0.3, 0.4) is 0 Å². The van der Waals surface area contributed by atoms with Gasteiger partial charge in [0.15, 0.2) is 0 Å². The monoisotopic (exact) mass is 421 g/mol. The Bertz CT molecular complexity index is 298. The molecule has 0 bridgehead atoms. The summed E-state index contributed by atoms with van der Waals surface area (Å²) in [7, 11) is 0. The molecule has 0 rings (SSSR count). The van der Waals surface area contributed by atoms with Crippen molar-refractivity contribution in [1.29, 1.82) is 0 Å². The summed E-state index contributed by atoms with van der Waals surface area (Å²) >= 11 is 2.73. The minimum atomic E-state index is -3.95. The van der Waals surface area contributed by atoms with Gasteiger partial charge in [-0.15, -0.1) is 0 Å². The van der Waals surface area contributed by atoms with Gasteiger partial charge in [0.25, 0.3) is 0 Å². The molecule has 23 heavy (non-hydrogen) atoms. The first kappa shape index (κ1) is 23.0. The van der Waals surface area contributed by atoms with Crippen molar-refractivity contribution in [3.8, 4) is 0 Å².